The van der Waals surface area contributed by atoms with E-state index in [1.54, 1.807) is 19.1 Å². The number of benzene rings is 2. The van der Waals surface area contributed by atoms with Crippen LogP contribution in [0.4, 0.5) is 10.1 Å². The van der Waals surface area contributed by atoms with E-state index >= 15 is 0 Å². The highest BCUT2D eigenvalue weighted by Crippen LogP contribution is 2.29. The number of rotatable bonds is 9. The molecule has 4 nitrogen and oxygen atoms in total. The van der Waals surface area contributed by atoms with Crippen LogP contribution in [0.1, 0.15) is 48.0 Å². The van der Waals surface area contributed by atoms with Crippen LogP contribution in [-0.2, 0) is 0 Å². The molecule has 152 valence electrons. The van der Waals surface area contributed by atoms with Gasteiger partial charge in [0.25, 0.3) is 5.91 Å². The molecule has 0 aliphatic carbocycles. The molecule has 1 aromatic heterocycles. The first-order valence-corrected chi connectivity index (χ1v) is 10.7. The third-order valence-corrected chi connectivity index (χ3v) is 5.68. The van der Waals surface area contributed by atoms with Gasteiger partial charge in [0.05, 0.1) is 12.3 Å². The Hall–Kier alpha value is -2.73. The molecule has 0 aliphatic heterocycles. The number of halogens is 1. The first-order valence-electron chi connectivity index (χ1n) is 9.84. The van der Waals surface area contributed by atoms with Crippen molar-refractivity contribution in [3.05, 3.63) is 64.9 Å². The van der Waals surface area contributed by atoms with E-state index in [9.17, 15) is 9.18 Å². The molecule has 3 aromatic rings. The van der Waals surface area contributed by atoms with Crippen molar-refractivity contribution >= 4 is 22.9 Å². The normalized spacial score (nSPS) is 10.7. The number of nitrogens with zero attached hydrogens (tertiary/aromatic N) is 1. The molecule has 0 saturated carbocycles. The Morgan fingerprint density at radius 1 is 1.07 bits per heavy atom. The van der Waals surface area contributed by atoms with E-state index < -0.39 is 0 Å². The van der Waals surface area contributed by atoms with E-state index in [1.807, 2.05) is 24.3 Å². The average Bonchev–Trinajstić information content (AvgIpc) is 3.11. The maximum Gasteiger partial charge on any atom is 0.267 e. The second kappa shape index (κ2) is 10.2. The Morgan fingerprint density at radius 3 is 2.48 bits per heavy atom. The molecule has 0 fully saturated rings. The van der Waals surface area contributed by atoms with Gasteiger partial charge in [0.2, 0.25) is 0 Å². The van der Waals surface area contributed by atoms with Gasteiger partial charge in [0, 0.05) is 11.3 Å². The number of aromatic nitrogens is 1. The lowest BCUT2D eigenvalue weighted by atomic mass is 10.2. The zero-order valence-electron chi connectivity index (χ0n) is 16.7. The fourth-order valence-corrected chi connectivity index (χ4v) is 3.83. The van der Waals surface area contributed by atoms with Crippen LogP contribution in [0.25, 0.3) is 10.6 Å². The molecule has 0 bridgehead atoms. The lowest BCUT2D eigenvalue weighted by Gasteiger charge is -2.08. The van der Waals surface area contributed by atoms with Gasteiger partial charge >= 0.3 is 0 Å². The van der Waals surface area contributed by atoms with Crippen molar-refractivity contribution in [2.24, 2.45) is 0 Å². The van der Waals surface area contributed by atoms with Crippen LogP contribution in [-0.4, -0.2) is 17.5 Å². The smallest absolute Gasteiger partial charge is 0.267 e. The molecule has 0 aliphatic rings. The first kappa shape index (κ1) is 21.0. The van der Waals surface area contributed by atoms with Crippen LogP contribution in [0.15, 0.2) is 48.5 Å². The Labute approximate surface area is 174 Å². The molecule has 0 atom stereocenters. The van der Waals surface area contributed by atoms with E-state index in [2.05, 4.69) is 17.2 Å². The maximum absolute atomic E-state index is 13.1. The van der Waals surface area contributed by atoms with Crippen LogP contribution in [0.3, 0.4) is 0 Å². The number of amides is 1. The van der Waals surface area contributed by atoms with Crippen LogP contribution in [0.2, 0.25) is 0 Å². The Bertz CT molecular complexity index is 937. The van der Waals surface area contributed by atoms with Gasteiger partial charge in [-0.15, -0.1) is 11.3 Å². The number of anilines is 1. The standard InChI is InChI=1S/C23H25FN2O2S/c1-3-4-5-6-15-28-20-13-11-19(12-14-20)26-22(27)21-16(2)25-23(29-21)17-7-9-18(24)10-8-17/h7-14H,3-6,15H2,1-2H3,(H,26,27). The highest BCUT2D eigenvalue weighted by atomic mass is 32.1. The summed E-state index contributed by atoms with van der Waals surface area (Å²) >= 11 is 1.30. The molecular formula is C23H25FN2O2S. The fourth-order valence-electron chi connectivity index (χ4n) is 2.86. The lowest BCUT2D eigenvalue weighted by molar-refractivity contribution is 0.103. The molecule has 0 radical (unpaired) electrons. The molecule has 1 heterocycles. The van der Waals surface area contributed by atoms with Crippen LogP contribution < -0.4 is 10.1 Å². The molecule has 29 heavy (non-hydrogen) atoms. The predicted molar refractivity (Wildman–Crippen MR) is 116 cm³/mol. The fraction of sp³-hybridized carbons (Fsp3) is 0.304. The van der Waals surface area contributed by atoms with Crippen molar-refractivity contribution in [2.45, 2.75) is 39.5 Å². The van der Waals surface area contributed by atoms with Crippen molar-refractivity contribution in [1.82, 2.24) is 4.98 Å². The highest BCUT2D eigenvalue weighted by Gasteiger charge is 2.16. The molecule has 6 heteroatoms. The van der Waals surface area contributed by atoms with Crippen molar-refractivity contribution < 1.29 is 13.9 Å². The minimum absolute atomic E-state index is 0.207. The van der Waals surface area contributed by atoms with Crippen LogP contribution >= 0.6 is 11.3 Å². The van der Waals surface area contributed by atoms with Crippen molar-refractivity contribution in [3.63, 3.8) is 0 Å². The summed E-state index contributed by atoms with van der Waals surface area (Å²) in [6.45, 7) is 4.69. The van der Waals surface area contributed by atoms with Crippen LogP contribution in [0.5, 0.6) is 5.75 Å². The van der Waals surface area contributed by atoms with Gasteiger partial charge in [-0.2, -0.15) is 0 Å². The number of nitrogens with one attached hydrogen (secondary N) is 1. The quantitative estimate of drug-likeness (QED) is 0.410. The monoisotopic (exact) mass is 412 g/mol. The zero-order valence-corrected chi connectivity index (χ0v) is 17.5. The topological polar surface area (TPSA) is 51.2 Å². The molecule has 0 saturated heterocycles. The van der Waals surface area contributed by atoms with Gasteiger partial charge in [0.1, 0.15) is 21.5 Å². The van der Waals surface area contributed by atoms with Gasteiger partial charge in [-0.3, -0.25) is 4.79 Å². The van der Waals surface area contributed by atoms with E-state index in [0.29, 0.717) is 27.9 Å². The summed E-state index contributed by atoms with van der Waals surface area (Å²) < 4.78 is 18.8. The summed E-state index contributed by atoms with van der Waals surface area (Å²) in [5.74, 6) is 0.294. The molecular weight excluding hydrogens is 387 g/mol. The summed E-state index contributed by atoms with van der Waals surface area (Å²) in [6, 6.07) is 13.5. The molecule has 0 spiro atoms. The van der Waals surface area contributed by atoms with Crippen molar-refractivity contribution in [1.29, 1.82) is 0 Å². The SMILES string of the molecule is CCCCCCOc1ccc(NC(=O)c2sc(-c3ccc(F)cc3)nc2C)cc1. The number of hydrogen-bond acceptors (Lipinski definition) is 4. The third kappa shape index (κ3) is 5.87. The summed E-state index contributed by atoms with van der Waals surface area (Å²) in [4.78, 5) is 17.7. The van der Waals surface area contributed by atoms with E-state index in [1.165, 1.54) is 42.7 Å². The van der Waals surface area contributed by atoms with Crippen molar-refractivity contribution in [2.75, 3.05) is 11.9 Å². The lowest BCUT2D eigenvalue weighted by Crippen LogP contribution is -2.11. The maximum atomic E-state index is 13.1. The summed E-state index contributed by atoms with van der Waals surface area (Å²) in [5.41, 5.74) is 2.14. The van der Waals surface area contributed by atoms with E-state index in [4.69, 9.17) is 4.74 Å². The third-order valence-electron chi connectivity index (χ3n) is 4.47. The number of ether oxygens (including phenoxy) is 1. The van der Waals surface area contributed by atoms with Gasteiger partial charge in [-0.05, 0) is 61.9 Å². The minimum atomic E-state index is -0.298. The number of aryl methyl sites for hydroxylation is 1. The van der Waals surface area contributed by atoms with Gasteiger partial charge in [-0.25, -0.2) is 9.37 Å². The first-order chi connectivity index (χ1) is 14.1. The number of thiazole rings is 1. The number of hydrogen-bond donors (Lipinski definition) is 1. The molecule has 3 rings (SSSR count). The molecule has 1 N–H and O–H groups in total. The zero-order chi connectivity index (χ0) is 20.6. The molecule has 1 amide bonds. The Balaban J connectivity index is 1.59. The van der Waals surface area contributed by atoms with Crippen molar-refractivity contribution in [3.8, 4) is 16.3 Å². The second-order valence-electron chi connectivity index (χ2n) is 6.83. The minimum Gasteiger partial charge on any atom is -0.494 e. The highest BCUT2D eigenvalue weighted by molar-refractivity contribution is 7.17. The predicted octanol–water partition coefficient (Wildman–Crippen LogP) is 6.47. The number of unbranched alkanes of at least 4 members (excludes halogenated alkanes) is 3. The van der Waals surface area contributed by atoms with Crippen LogP contribution in [0, 0.1) is 12.7 Å². The van der Waals surface area contributed by atoms with Gasteiger partial charge in [0.15, 0.2) is 0 Å². The summed E-state index contributed by atoms with van der Waals surface area (Å²) in [5, 5.41) is 3.59. The van der Waals surface area contributed by atoms with E-state index in [-0.39, 0.29) is 11.7 Å². The summed E-state index contributed by atoms with van der Waals surface area (Å²) in [6.07, 6.45) is 4.67. The second-order valence-corrected chi connectivity index (χ2v) is 7.83. The summed E-state index contributed by atoms with van der Waals surface area (Å²) in [7, 11) is 0. The Kier molecular flexibility index (Phi) is 7.36. The molecule has 0 unspecified atom stereocenters. The van der Waals surface area contributed by atoms with Gasteiger partial charge < -0.3 is 10.1 Å². The van der Waals surface area contributed by atoms with E-state index in [0.717, 1.165) is 17.7 Å². The number of carbonyl (C=O) groups excluding carboxylic acids is 1. The average molecular weight is 413 g/mol. The van der Waals surface area contributed by atoms with Gasteiger partial charge in [-0.1, -0.05) is 26.2 Å². The Morgan fingerprint density at radius 2 is 1.79 bits per heavy atom. The largest absolute Gasteiger partial charge is 0.494 e. The molecule has 2 aromatic carbocycles. The number of carbonyl (C=O) groups is 1.